The van der Waals surface area contributed by atoms with E-state index >= 15 is 0 Å². The number of rotatable bonds is 6. The SMILES string of the molecule is CN=C(NCC(C)C)NCC(C(C)C)N1CCCC1.I. The Kier molecular flexibility index (Phi) is 10.6. The van der Waals surface area contributed by atoms with Crippen LogP contribution in [0.5, 0.6) is 0 Å². The molecule has 0 aromatic rings. The van der Waals surface area contributed by atoms with Crippen molar-refractivity contribution in [3.63, 3.8) is 0 Å². The molecule has 0 saturated carbocycles. The van der Waals surface area contributed by atoms with E-state index in [9.17, 15) is 0 Å². The summed E-state index contributed by atoms with van der Waals surface area (Å²) in [5.74, 6) is 2.24. The lowest BCUT2D eigenvalue weighted by atomic mass is 10.0. The minimum Gasteiger partial charge on any atom is -0.356 e. The molecule has 20 heavy (non-hydrogen) atoms. The van der Waals surface area contributed by atoms with Gasteiger partial charge in [-0.1, -0.05) is 27.7 Å². The molecule has 1 atom stereocenters. The zero-order valence-corrected chi connectivity index (χ0v) is 16.1. The van der Waals surface area contributed by atoms with E-state index in [-0.39, 0.29) is 24.0 Å². The van der Waals surface area contributed by atoms with Crippen molar-refractivity contribution in [2.45, 2.75) is 46.6 Å². The van der Waals surface area contributed by atoms with Crippen LogP contribution in [0.15, 0.2) is 4.99 Å². The van der Waals surface area contributed by atoms with Crippen LogP contribution in [0, 0.1) is 11.8 Å². The minimum atomic E-state index is 0. The molecule has 2 N–H and O–H groups in total. The highest BCUT2D eigenvalue weighted by atomic mass is 127. The van der Waals surface area contributed by atoms with E-state index in [0.717, 1.165) is 19.0 Å². The third kappa shape index (κ3) is 7.11. The Morgan fingerprint density at radius 1 is 1.05 bits per heavy atom. The molecule has 1 aliphatic heterocycles. The van der Waals surface area contributed by atoms with Gasteiger partial charge in [-0.25, -0.2) is 0 Å². The molecule has 0 bridgehead atoms. The Bertz CT molecular complexity index is 273. The molecule has 1 heterocycles. The summed E-state index contributed by atoms with van der Waals surface area (Å²) in [5.41, 5.74) is 0. The minimum absolute atomic E-state index is 0. The molecule has 5 heteroatoms. The topological polar surface area (TPSA) is 39.7 Å². The van der Waals surface area contributed by atoms with E-state index in [0.29, 0.717) is 17.9 Å². The molecule has 1 unspecified atom stereocenters. The standard InChI is InChI=1S/C15H32N4.HI/c1-12(2)10-17-15(16-5)18-11-14(13(3)4)19-8-6-7-9-19;/h12-14H,6-11H2,1-5H3,(H2,16,17,18);1H. The van der Waals surface area contributed by atoms with E-state index in [1.54, 1.807) is 0 Å². The van der Waals surface area contributed by atoms with Gasteiger partial charge in [0.2, 0.25) is 0 Å². The summed E-state index contributed by atoms with van der Waals surface area (Å²) in [7, 11) is 1.84. The quantitative estimate of drug-likeness (QED) is 0.412. The molecular weight excluding hydrogens is 363 g/mol. The van der Waals surface area contributed by atoms with Crippen LogP contribution in [-0.2, 0) is 0 Å². The van der Waals surface area contributed by atoms with E-state index in [1.165, 1.54) is 25.9 Å². The van der Waals surface area contributed by atoms with Gasteiger partial charge in [0.05, 0.1) is 0 Å². The van der Waals surface area contributed by atoms with E-state index < -0.39 is 0 Å². The van der Waals surface area contributed by atoms with Crippen LogP contribution in [-0.4, -0.2) is 50.1 Å². The van der Waals surface area contributed by atoms with Crippen molar-refractivity contribution in [2.24, 2.45) is 16.8 Å². The molecule has 0 radical (unpaired) electrons. The number of hydrogen-bond donors (Lipinski definition) is 2. The number of nitrogens with one attached hydrogen (secondary N) is 2. The molecule has 0 spiro atoms. The number of hydrogen-bond acceptors (Lipinski definition) is 2. The van der Waals surface area contributed by atoms with E-state index in [2.05, 4.69) is 48.2 Å². The fraction of sp³-hybridized carbons (Fsp3) is 0.933. The first-order chi connectivity index (χ1) is 9.04. The number of aliphatic imine (C=N–C) groups is 1. The van der Waals surface area contributed by atoms with Crippen molar-refractivity contribution >= 4 is 29.9 Å². The Morgan fingerprint density at radius 2 is 1.60 bits per heavy atom. The van der Waals surface area contributed by atoms with Gasteiger partial charge in [0.25, 0.3) is 0 Å². The van der Waals surface area contributed by atoms with E-state index in [4.69, 9.17) is 0 Å². The monoisotopic (exact) mass is 396 g/mol. The van der Waals surface area contributed by atoms with Gasteiger partial charge in [0, 0.05) is 26.2 Å². The lowest BCUT2D eigenvalue weighted by Gasteiger charge is -2.31. The lowest BCUT2D eigenvalue weighted by Crippen LogP contribution is -2.49. The third-order valence-corrected chi connectivity index (χ3v) is 3.76. The first kappa shape index (κ1) is 20.0. The van der Waals surface area contributed by atoms with Gasteiger partial charge < -0.3 is 10.6 Å². The highest BCUT2D eigenvalue weighted by Crippen LogP contribution is 2.16. The first-order valence-corrected chi connectivity index (χ1v) is 7.73. The number of nitrogens with zero attached hydrogens (tertiary/aromatic N) is 2. The molecular formula is C15H33IN4. The fourth-order valence-electron chi connectivity index (χ4n) is 2.58. The highest BCUT2D eigenvalue weighted by Gasteiger charge is 2.24. The summed E-state index contributed by atoms with van der Waals surface area (Å²) < 4.78 is 0. The average molecular weight is 396 g/mol. The molecule has 1 fully saturated rings. The summed E-state index contributed by atoms with van der Waals surface area (Å²) >= 11 is 0. The normalized spacial score (nSPS) is 18.2. The van der Waals surface area contributed by atoms with Crippen LogP contribution in [0.1, 0.15) is 40.5 Å². The molecule has 0 aromatic heterocycles. The largest absolute Gasteiger partial charge is 0.356 e. The van der Waals surface area contributed by atoms with Crippen LogP contribution >= 0.6 is 24.0 Å². The summed E-state index contributed by atoms with van der Waals surface area (Å²) in [6.07, 6.45) is 2.70. The van der Waals surface area contributed by atoms with Crippen LogP contribution in [0.4, 0.5) is 0 Å². The maximum atomic E-state index is 4.29. The second-order valence-corrected chi connectivity index (χ2v) is 6.28. The molecule has 0 aliphatic carbocycles. The van der Waals surface area contributed by atoms with Crippen molar-refractivity contribution < 1.29 is 0 Å². The number of halogens is 1. The van der Waals surface area contributed by atoms with Crippen molar-refractivity contribution in [1.29, 1.82) is 0 Å². The third-order valence-electron chi connectivity index (χ3n) is 3.76. The van der Waals surface area contributed by atoms with Gasteiger partial charge >= 0.3 is 0 Å². The van der Waals surface area contributed by atoms with Gasteiger partial charge in [-0.15, -0.1) is 24.0 Å². The molecule has 0 amide bonds. The van der Waals surface area contributed by atoms with Crippen molar-refractivity contribution in [3.8, 4) is 0 Å². The van der Waals surface area contributed by atoms with Crippen LogP contribution in [0.25, 0.3) is 0 Å². The van der Waals surface area contributed by atoms with Crippen LogP contribution in [0.2, 0.25) is 0 Å². The summed E-state index contributed by atoms with van der Waals surface area (Å²) in [6, 6.07) is 0.611. The fourth-order valence-corrected chi connectivity index (χ4v) is 2.58. The summed E-state index contributed by atoms with van der Waals surface area (Å²) in [4.78, 5) is 6.91. The predicted octanol–water partition coefficient (Wildman–Crippen LogP) is 2.55. The first-order valence-electron chi connectivity index (χ1n) is 7.73. The maximum Gasteiger partial charge on any atom is 0.191 e. The summed E-state index contributed by atoms with van der Waals surface area (Å²) in [6.45, 7) is 13.5. The zero-order valence-electron chi connectivity index (χ0n) is 13.8. The van der Waals surface area contributed by atoms with Crippen LogP contribution in [0.3, 0.4) is 0 Å². The predicted molar refractivity (Wildman–Crippen MR) is 99.1 cm³/mol. The smallest absolute Gasteiger partial charge is 0.191 e. The van der Waals surface area contributed by atoms with Crippen molar-refractivity contribution in [1.82, 2.24) is 15.5 Å². The second-order valence-electron chi connectivity index (χ2n) is 6.28. The molecule has 4 nitrogen and oxygen atoms in total. The summed E-state index contributed by atoms with van der Waals surface area (Å²) in [5, 5.41) is 6.85. The van der Waals surface area contributed by atoms with Gasteiger partial charge in [-0.3, -0.25) is 9.89 Å². The Labute approximate surface area is 142 Å². The van der Waals surface area contributed by atoms with Gasteiger partial charge in [-0.2, -0.15) is 0 Å². The number of likely N-dealkylation sites (tertiary alicyclic amines) is 1. The molecule has 0 aromatic carbocycles. The van der Waals surface area contributed by atoms with Gasteiger partial charge in [-0.05, 0) is 37.8 Å². The maximum absolute atomic E-state index is 4.29. The zero-order chi connectivity index (χ0) is 14.3. The highest BCUT2D eigenvalue weighted by molar-refractivity contribution is 14.0. The van der Waals surface area contributed by atoms with E-state index in [1.807, 2.05) is 7.05 Å². The Hall–Kier alpha value is -0.0400. The molecule has 1 rings (SSSR count). The molecule has 1 aliphatic rings. The Morgan fingerprint density at radius 3 is 2.05 bits per heavy atom. The second kappa shape index (κ2) is 10.7. The molecule has 1 saturated heterocycles. The average Bonchev–Trinajstić information content (AvgIpc) is 2.86. The van der Waals surface area contributed by atoms with Gasteiger partial charge in [0.15, 0.2) is 5.96 Å². The van der Waals surface area contributed by atoms with Crippen molar-refractivity contribution in [2.75, 3.05) is 33.2 Å². The number of guanidine groups is 1. The lowest BCUT2D eigenvalue weighted by molar-refractivity contribution is 0.192. The Balaban J connectivity index is 0.00000361. The molecule has 120 valence electrons. The van der Waals surface area contributed by atoms with Gasteiger partial charge in [0.1, 0.15) is 0 Å². The van der Waals surface area contributed by atoms with Crippen molar-refractivity contribution in [3.05, 3.63) is 0 Å². The van der Waals surface area contributed by atoms with Crippen LogP contribution < -0.4 is 10.6 Å².